The van der Waals surface area contributed by atoms with E-state index >= 15 is 0 Å². The lowest BCUT2D eigenvalue weighted by atomic mass is 9.83. The highest BCUT2D eigenvalue weighted by Crippen LogP contribution is 2.25. The van der Waals surface area contributed by atoms with Crippen LogP contribution in [-0.2, 0) is 4.79 Å². The molecule has 0 saturated heterocycles. The topological polar surface area (TPSA) is 43.1 Å². The Morgan fingerprint density at radius 2 is 2.27 bits per heavy atom. The fourth-order valence-corrected chi connectivity index (χ4v) is 1.92. The van der Waals surface area contributed by atoms with Gasteiger partial charge >= 0.3 is 0 Å². The molecule has 11 heavy (non-hydrogen) atoms. The first-order valence-electron chi connectivity index (χ1n) is 4.43. The highest BCUT2D eigenvalue weighted by Gasteiger charge is 2.19. The van der Waals surface area contributed by atoms with Crippen molar-refractivity contribution in [2.75, 3.05) is 0 Å². The number of carbonyl (C=O) groups excluding carboxylic acids is 1. The van der Waals surface area contributed by atoms with Gasteiger partial charge in [-0.15, -0.1) is 0 Å². The van der Waals surface area contributed by atoms with Crippen molar-refractivity contribution in [3.63, 3.8) is 0 Å². The molecule has 0 amide bonds. The maximum Gasteiger partial charge on any atom is 0.130 e. The van der Waals surface area contributed by atoms with Crippen molar-refractivity contribution in [1.82, 2.24) is 0 Å². The molecule has 1 aliphatic rings. The van der Waals surface area contributed by atoms with Gasteiger partial charge in [0.1, 0.15) is 5.78 Å². The molecule has 0 aromatic carbocycles. The fraction of sp³-hybridized carbons (Fsp3) is 0.889. The Balaban J connectivity index is 2.28. The van der Waals surface area contributed by atoms with Gasteiger partial charge in [0.15, 0.2) is 0 Å². The third kappa shape index (κ3) is 3.02. The lowest BCUT2D eigenvalue weighted by Gasteiger charge is -2.25. The average molecular weight is 155 g/mol. The molecule has 2 atom stereocenters. The van der Waals surface area contributed by atoms with Crippen LogP contribution in [0.1, 0.15) is 39.0 Å². The lowest BCUT2D eigenvalue weighted by Crippen LogP contribution is -2.28. The zero-order valence-corrected chi connectivity index (χ0v) is 7.18. The molecule has 2 heteroatoms. The summed E-state index contributed by atoms with van der Waals surface area (Å²) >= 11 is 0. The quantitative estimate of drug-likeness (QED) is 0.656. The van der Waals surface area contributed by atoms with Gasteiger partial charge < -0.3 is 10.5 Å². The second-order valence-corrected chi connectivity index (χ2v) is 3.70. The Morgan fingerprint density at radius 1 is 1.55 bits per heavy atom. The first kappa shape index (κ1) is 8.72. The van der Waals surface area contributed by atoms with Crippen molar-refractivity contribution in [2.45, 2.75) is 45.1 Å². The Hall–Kier alpha value is -0.370. The molecule has 2 N–H and O–H groups in total. The monoisotopic (exact) mass is 155 g/mol. The minimum atomic E-state index is 0.309. The Labute approximate surface area is 68.2 Å². The van der Waals surface area contributed by atoms with Gasteiger partial charge in [-0.25, -0.2) is 0 Å². The van der Waals surface area contributed by atoms with Crippen molar-refractivity contribution in [3.8, 4) is 0 Å². The number of hydrogen-bond donors (Lipinski definition) is 1. The van der Waals surface area contributed by atoms with Crippen molar-refractivity contribution < 1.29 is 4.79 Å². The summed E-state index contributed by atoms with van der Waals surface area (Å²) in [7, 11) is 0. The zero-order valence-electron chi connectivity index (χ0n) is 7.18. The third-order valence-electron chi connectivity index (χ3n) is 2.40. The van der Waals surface area contributed by atoms with Crippen LogP contribution in [0.4, 0.5) is 0 Å². The summed E-state index contributed by atoms with van der Waals surface area (Å²) in [6, 6.07) is 0.355. The third-order valence-corrected chi connectivity index (χ3v) is 2.40. The lowest BCUT2D eigenvalue weighted by molar-refractivity contribution is -0.118. The predicted molar refractivity (Wildman–Crippen MR) is 45.2 cm³/mol. The summed E-state index contributed by atoms with van der Waals surface area (Å²) in [5.74, 6) is 0.889. The summed E-state index contributed by atoms with van der Waals surface area (Å²) in [5.41, 5.74) is 5.79. The molecule has 64 valence electrons. The molecule has 0 aliphatic heterocycles. The largest absolute Gasteiger partial charge is 0.328 e. The van der Waals surface area contributed by atoms with E-state index in [2.05, 4.69) is 0 Å². The molecule has 1 fully saturated rings. The number of Topliss-reactive ketones (excluding diaryl/α,β-unsaturated/α-hetero) is 1. The minimum Gasteiger partial charge on any atom is -0.328 e. The van der Waals surface area contributed by atoms with Crippen LogP contribution in [0.5, 0.6) is 0 Å². The molecule has 1 rings (SSSR count). The molecule has 0 unspecified atom stereocenters. The number of rotatable bonds is 2. The molecule has 0 bridgehead atoms. The molecule has 1 saturated carbocycles. The van der Waals surface area contributed by atoms with E-state index in [0.717, 1.165) is 19.3 Å². The van der Waals surface area contributed by atoms with Crippen LogP contribution in [0.25, 0.3) is 0 Å². The second kappa shape index (κ2) is 3.86. The Bertz CT molecular complexity index is 144. The van der Waals surface area contributed by atoms with Gasteiger partial charge in [-0.1, -0.05) is 6.42 Å². The second-order valence-electron chi connectivity index (χ2n) is 3.70. The van der Waals surface area contributed by atoms with Crippen LogP contribution in [0, 0.1) is 5.92 Å². The highest BCUT2D eigenvalue weighted by atomic mass is 16.1. The number of carbonyl (C=O) groups is 1. The van der Waals surface area contributed by atoms with E-state index in [4.69, 9.17) is 5.73 Å². The van der Waals surface area contributed by atoms with Gasteiger partial charge in [0.05, 0.1) is 0 Å². The first-order valence-corrected chi connectivity index (χ1v) is 4.43. The normalized spacial score (nSPS) is 31.8. The van der Waals surface area contributed by atoms with E-state index in [1.165, 1.54) is 12.8 Å². The summed E-state index contributed by atoms with van der Waals surface area (Å²) in [5, 5.41) is 0. The SMILES string of the molecule is CC(=O)C[C@H]1CCC[C@H](N)C1. The van der Waals surface area contributed by atoms with Gasteiger partial charge in [0, 0.05) is 12.5 Å². The van der Waals surface area contributed by atoms with Gasteiger partial charge in [-0.05, 0) is 32.1 Å². The van der Waals surface area contributed by atoms with E-state index in [9.17, 15) is 4.79 Å². The van der Waals surface area contributed by atoms with Crippen molar-refractivity contribution in [2.24, 2.45) is 11.7 Å². The maximum absolute atomic E-state index is 10.8. The molecule has 2 nitrogen and oxygen atoms in total. The molecule has 1 aliphatic carbocycles. The summed E-state index contributed by atoms with van der Waals surface area (Å²) in [4.78, 5) is 10.8. The van der Waals surface area contributed by atoms with Crippen LogP contribution in [0.3, 0.4) is 0 Å². The highest BCUT2D eigenvalue weighted by molar-refractivity contribution is 5.75. The zero-order chi connectivity index (χ0) is 8.27. The van der Waals surface area contributed by atoms with E-state index in [0.29, 0.717) is 17.7 Å². The summed E-state index contributed by atoms with van der Waals surface area (Å²) in [6.07, 6.45) is 5.36. The van der Waals surface area contributed by atoms with Crippen LogP contribution in [0.15, 0.2) is 0 Å². The molecular formula is C9H17NO. The first-order chi connectivity index (χ1) is 5.18. The van der Waals surface area contributed by atoms with Crippen LogP contribution < -0.4 is 5.73 Å². The van der Waals surface area contributed by atoms with E-state index in [1.807, 2.05) is 0 Å². The molecule has 0 heterocycles. The van der Waals surface area contributed by atoms with Gasteiger partial charge in [0.2, 0.25) is 0 Å². The molecule has 0 spiro atoms. The number of hydrogen-bond acceptors (Lipinski definition) is 2. The smallest absolute Gasteiger partial charge is 0.130 e. The summed E-state index contributed by atoms with van der Waals surface area (Å²) < 4.78 is 0. The predicted octanol–water partition coefficient (Wildman–Crippen LogP) is 1.48. The van der Waals surface area contributed by atoms with Crippen LogP contribution >= 0.6 is 0 Å². The van der Waals surface area contributed by atoms with Gasteiger partial charge in [0.25, 0.3) is 0 Å². The molecule has 0 aromatic rings. The molecule has 0 aromatic heterocycles. The van der Waals surface area contributed by atoms with Crippen LogP contribution in [-0.4, -0.2) is 11.8 Å². The van der Waals surface area contributed by atoms with E-state index in [1.54, 1.807) is 6.92 Å². The van der Waals surface area contributed by atoms with Gasteiger partial charge in [-0.2, -0.15) is 0 Å². The van der Waals surface area contributed by atoms with E-state index < -0.39 is 0 Å². The average Bonchev–Trinajstić information content (AvgIpc) is 1.85. The minimum absolute atomic E-state index is 0.309. The van der Waals surface area contributed by atoms with Gasteiger partial charge in [-0.3, -0.25) is 0 Å². The van der Waals surface area contributed by atoms with Crippen LogP contribution in [0.2, 0.25) is 0 Å². The Morgan fingerprint density at radius 3 is 2.82 bits per heavy atom. The van der Waals surface area contributed by atoms with Crippen molar-refractivity contribution >= 4 is 5.78 Å². The standard InChI is InChI=1S/C9H17NO/c1-7(11)5-8-3-2-4-9(10)6-8/h8-9H,2-6,10H2,1H3/t8-,9+/m1/s1. The number of ketones is 1. The molecule has 0 radical (unpaired) electrons. The summed E-state index contributed by atoms with van der Waals surface area (Å²) in [6.45, 7) is 1.67. The van der Waals surface area contributed by atoms with E-state index in [-0.39, 0.29) is 0 Å². The van der Waals surface area contributed by atoms with Crippen molar-refractivity contribution in [1.29, 1.82) is 0 Å². The number of nitrogens with two attached hydrogens (primary N) is 1. The Kier molecular flexibility index (Phi) is 3.06. The molecular weight excluding hydrogens is 138 g/mol. The van der Waals surface area contributed by atoms with Crippen molar-refractivity contribution in [3.05, 3.63) is 0 Å². The fourth-order valence-electron chi connectivity index (χ4n) is 1.92. The maximum atomic E-state index is 10.8.